The molecule has 0 unspecified atom stereocenters. The Morgan fingerprint density at radius 2 is 1.07 bits per heavy atom. The van der Waals surface area contributed by atoms with Crippen molar-refractivity contribution in [2.75, 3.05) is 20.4 Å². The highest BCUT2D eigenvalue weighted by Gasteiger charge is 2.68. The van der Waals surface area contributed by atoms with Crippen molar-refractivity contribution in [2.24, 2.45) is 0 Å². The molecule has 0 spiro atoms. The summed E-state index contributed by atoms with van der Waals surface area (Å²) in [5.74, 6) is 1.79. The molecule has 0 N–H and O–H groups in total. The quantitative estimate of drug-likeness (QED) is 0.362. The van der Waals surface area contributed by atoms with Crippen LogP contribution in [0.4, 0.5) is 0 Å². The number of ether oxygens (including phenoxy) is 2. The molecule has 0 bridgehead atoms. The fourth-order valence-corrected chi connectivity index (χ4v) is 13.4. The predicted molar refractivity (Wildman–Crippen MR) is 125 cm³/mol. The van der Waals surface area contributed by atoms with E-state index in [2.05, 4.69) is 48.5 Å². The molecule has 2 aromatic carbocycles. The van der Waals surface area contributed by atoms with Gasteiger partial charge in [0.1, 0.15) is 11.5 Å². The molecule has 5 rings (SSSR count). The van der Waals surface area contributed by atoms with E-state index in [1.807, 2.05) is 0 Å². The maximum atomic E-state index is 6.63. The summed E-state index contributed by atoms with van der Waals surface area (Å²) in [6.45, 7) is 0. The molecule has 2 nitrogen and oxygen atoms in total. The molecule has 0 radical (unpaired) electrons. The number of methoxy groups -OCH3 is 2. The highest BCUT2D eigenvalue weighted by molar-refractivity contribution is 7.79. The number of benzene rings is 2. The van der Waals surface area contributed by atoms with E-state index < -0.39 is 7.26 Å². The van der Waals surface area contributed by atoms with E-state index >= 15 is 0 Å². The lowest BCUT2D eigenvalue weighted by Crippen LogP contribution is -2.34. The van der Waals surface area contributed by atoms with Crippen LogP contribution in [0, 0.1) is 0 Å². The molecule has 4 heteroatoms. The molecule has 3 saturated carbocycles. The Balaban J connectivity index is 1.58. The highest BCUT2D eigenvalue weighted by Crippen LogP contribution is 2.86. The van der Waals surface area contributed by atoms with Crippen LogP contribution in [-0.4, -0.2) is 37.4 Å². The third-order valence-corrected chi connectivity index (χ3v) is 14.8. The Morgan fingerprint density at radius 1 is 0.724 bits per heavy atom. The van der Waals surface area contributed by atoms with Crippen LogP contribution in [0.1, 0.15) is 49.7 Å². The van der Waals surface area contributed by atoms with Gasteiger partial charge in [-0.3, -0.25) is 0 Å². The average Bonchev–Trinajstić information content (AvgIpc) is 3.61. The van der Waals surface area contributed by atoms with Gasteiger partial charge in [0.05, 0.1) is 37.4 Å². The Morgan fingerprint density at radius 3 is 1.34 bits per heavy atom. The predicted octanol–water partition coefficient (Wildman–Crippen LogP) is 6.00. The molecule has 0 atom stereocenters. The van der Waals surface area contributed by atoms with Crippen LogP contribution in [0.2, 0.25) is 0 Å². The second kappa shape index (κ2) is 7.50. The molecular weight excluding hydrogens is 395 g/mol. The largest absolute Gasteiger partial charge is 0.773 e. The maximum Gasteiger partial charge on any atom is 0.118 e. The number of hydrogen-bond acceptors (Lipinski definition) is 3. The Labute approximate surface area is 181 Å². The zero-order valence-corrected chi connectivity index (χ0v) is 19.2. The first kappa shape index (κ1) is 19.8. The van der Waals surface area contributed by atoms with Crippen LogP contribution in [0.25, 0.3) is 0 Å². The minimum atomic E-state index is -1.04. The average molecular weight is 427 g/mol. The molecule has 0 heterocycles. The van der Waals surface area contributed by atoms with E-state index in [4.69, 9.17) is 22.1 Å². The van der Waals surface area contributed by atoms with Crippen molar-refractivity contribution in [1.29, 1.82) is 0 Å². The minimum Gasteiger partial charge on any atom is -0.773 e. The summed E-state index contributed by atoms with van der Waals surface area (Å²) in [5, 5.41) is 0. The lowest BCUT2D eigenvalue weighted by Gasteiger charge is -2.47. The molecule has 0 aromatic heterocycles. The van der Waals surface area contributed by atoms with Gasteiger partial charge in [-0.25, -0.2) is 0 Å². The van der Waals surface area contributed by atoms with Crippen LogP contribution < -0.4 is 9.47 Å². The van der Waals surface area contributed by atoms with Gasteiger partial charge in [0, 0.05) is 7.26 Å². The fraction of sp³-hybridized carbons (Fsp3) is 0.520. The molecule has 0 aliphatic heterocycles. The summed E-state index contributed by atoms with van der Waals surface area (Å²) in [5.41, 5.74) is 5.51. The van der Waals surface area contributed by atoms with Gasteiger partial charge < -0.3 is 22.1 Å². The van der Waals surface area contributed by atoms with Crippen molar-refractivity contribution in [3.8, 4) is 11.5 Å². The standard InChI is InChI=1S/C25H31O2PS/c1-26-20-7-3-18(4-8-20)25(29,19-5-9-21(27-2)10-6-19)17-28(22-11-12-22,23-13-14-23)24-15-16-24/h3-10,22-24H,11-17H2,1-2H3. The van der Waals surface area contributed by atoms with Crippen molar-refractivity contribution in [2.45, 2.75) is 60.2 Å². The van der Waals surface area contributed by atoms with Gasteiger partial charge in [-0.1, -0.05) is 40.1 Å². The molecule has 0 saturated heterocycles. The second-order valence-electron chi connectivity index (χ2n) is 9.13. The maximum absolute atomic E-state index is 6.63. The molecule has 154 valence electrons. The van der Waals surface area contributed by atoms with Gasteiger partial charge >= 0.3 is 0 Å². The van der Waals surface area contributed by atoms with Crippen molar-refractivity contribution in [1.82, 2.24) is 0 Å². The van der Waals surface area contributed by atoms with E-state index in [1.54, 1.807) is 14.2 Å². The van der Waals surface area contributed by atoms with Crippen LogP contribution >= 0.6 is 7.26 Å². The minimum absolute atomic E-state index is 0.361. The lowest BCUT2D eigenvalue weighted by molar-refractivity contribution is 0.414. The topological polar surface area (TPSA) is 18.5 Å². The zero-order valence-electron chi connectivity index (χ0n) is 17.5. The molecule has 29 heavy (non-hydrogen) atoms. The van der Waals surface area contributed by atoms with Gasteiger partial charge in [0.15, 0.2) is 0 Å². The Hall–Kier alpha value is -1.18. The van der Waals surface area contributed by atoms with Gasteiger partial charge in [-0.15, -0.1) is 0 Å². The van der Waals surface area contributed by atoms with Crippen molar-refractivity contribution < 1.29 is 9.47 Å². The first-order valence-electron chi connectivity index (χ1n) is 11.0. The number of hydrogen-bond donors (Lipinski definition) is 0. The smallest absolute Gasteiger partial charge is 0.118 e. The van der Waals surface area contributed by atoms with Gasteiger partial charge in [0.25, 0.3) is 0 Å². The van der Waals surface area contributed by atoms with Gasteiger partial charge in [0.2, 0.25) is 0 Å². The summed E-state index contributed by atoms with van der Waals surface area (Å²) in [6, 6.07) is 17.1. The van der Waals surface area contributed by atoms with Gasteiger partial charge in [-0.05, 0) is 62.8 Å². The lowest BCUT2D eigenvalue weighted by atomic mass is 9.91. The van der Waals surface area contributed by atoms with Crippen LogP contribution in [0.5, 0.6) is 11.5 Å². The van der Waals surface area contributed by atoms with Crippen LogP contribution in [0.15, 0.2) is 48.5 Å². The molecular formula is C25H31O2PS. The molecule has 3 aliphatic rings. The monoisotopic (exact) mass is 426 g/mol. The summed E-state index contributed by atoms with van der Waals surface area (Å²) in [7, 11) is 2.42. The van der Waals surface area contributed by atoms with Crippen molar-refractivity contribution in [3.05, 3.63) is 59.7 Å². The van der Waals surface area contributed by atoms with E-state index in [0.717, 1.165) is 28.5 Å². The summed E-state index contributed by atoms with van der Waals surface area (Å²) >= 11 is 6.63. The van der Waals surface area contributed by atoms with Crippen molar-refractivity contribution >= 4 is 19.9 Å². The summed E-state index contributed by atoms with van der Waals surface area (Å²) < 4.78 is 10.5. The first-order chi connectivity index (χ1) is 14.1. The number of rotatable bonds is 9. The molecule has 2 aromatic rings. The molecule has 3 aliphatic carbocycles. The SMILES string of the molecule is COc1ccc(C([S-])(C[P+](C2CC2)(C2CC2)C2CC2)c2ccc(OC)cc2)cc1. The Kier molecular flexibility index (Phi) is 5.11. The van der Waals surface area contributed by atoms with E-state index in [-0.39, 0.29) is 4.75 Å². The van der Waals surface area contributed by atoms with Crippen molar-refractivity contribution in [3.63, 3.8) is 0 Å². The fourth-order valence-electron chi connectivity index (χ4n) is 5.40. The van der Waals surface area contributed by atoms with E-state index in [0.29, 0.717) is 0 Å². The van der Waals surface area contributed by atoms with E-state index in [1.165, 1.54) is 55.8 Å². The van der Waals surface area contributed by atoms with Crippen LogP contribution in [0.3, 0.4) is 0 Å². The zero-order chi connectivity index (χ0) is 20.1. The third kappa shape index (κ3) is 3.59. The highest BCUT2D eigenvalue weighted by atomic mass is 32.1. The first-order valence-corrected chi connectivity index (χ1v) is 13.6. The second-order valence-corrected chi connectivity index (χ2v) is 14.3. The molecule has 0 amide bonds. The Bertz CT molecular complexity index is 773. The van der Waals surface area contributed by atoms with Gasteiger partial charge in [-0.2, -0.15) is 0 Å². The normalized spacial score (nSPS) is 19.8. The summed E-state index contributed by atoms with van der Waals surface area (Å²) in [4.78, 5) is 0. The van der Waals surface area contributed by atoms with E-state index in [9.17, 15) is 0 Å². The van der Waals surface area contributed by atoms with Crippen LogP contribution in [-0.2, 0) is 17.4 Å². The summed E-state index contributed by atoms with van der Waals surface area (Å²) in [6.07, 6.45) is 9.94. The third-order valence-electron chi connectivity index (χ3n) is 7.29. The molecule has 3 fully saturated rings.